The highest BCUT2D eigenvalue weighted by Crippen LogP contribution is 2.26. The Morgan fingerprint density at radius 3 is 2.46 bits per heavy atom. The lowest BCUT2D eigenvalue weighted by Gasteiger charge is -2.19. The van der Waals surface area contributed by atoms with E-state index in [0.29, 0.717) is 0 Å². The summed E-state index contributed by atoms with van der Waals surface area (Å²) < 4.78 is 1.00. The predicted octanol–water partition coefficient (Wildman–Crippen LogP) is 4.93. The van der Waals surface area contributed by atoms with Crippen LogP contribution in [0.3, 0.4) is 0 Å². The number of halogens is 1. The lowest BCUT2D eigenvalue weighted by atomic mass is 10.2. The molecule has 0 saturated carbocycles. The Morgan fingerprint density at radius 1 is 1.00 bits per heavy atom. The Hall–Kier alpha value is -2.40. The SMILES string of the molecule is Cc1nc(Nc2ccccc2Br)cc(N(C)Cc2ccccc2)n1. The third kappa shape index (κ3) is 4.11. The summed E-state index contributed by atoms with van der Waals surface area (Å²) in [5.74, 6) is 2.41. The minimum absolute atomic E-state index is 0.738. The number of anilines is 3. The lowest BCUT2D eigenvalue weighted by Crippen LogP contribution is -2.18. The number of benzene rings is 2. The standard InChI is InChI=1S/C19H19BrN4/c1-14-21-18(23-17-11-7-6-10-16(17)20)12-19(22-14)24(2)13-15-8-4-3-5-9-15/h3-12H,13H2,1-2H3,(H,21,22,23). The van der Waals surface area contributed by atoms with E-state index >= 15 is 0 Å². The number of aryl methyl sites for hydroxylation is 1. The van der Waals surface area contributed by atoms with Crippen molar-refractivity contribution >= 4 is 33.3 Å². The molecule has 0 amide bonds. The van der Waals surface area contributed by atoms with Gasteiger partial charge in [-0.3, -0.25) is 0 Å². The van der Waals surface area contributed by atoms with Crippen LogP contribution < -0.4 is 10.2 Å². The minimum Gasteiger partial charge on any atom is -0.355 e. The van der Waals surface area contributed by atoms with Gasteiger partial charge in [-0.15, -0.1) is 0 Å². The first-order valence-corrected chi connectivity index (χ1v) is 8.53. The van der Waals surface area contributed by atoms with Crippen molar-refractivity contribution in [1.82, 2.24) is 9.97 Å². The van der Waals surface area contributed by atoms with Crippen LogP contribution in [0.5, 0.6) is 0 Å². The van der Waals surface area contributed by atoms with E-state index in [1.807, 2.05) is 62.5 Å². The maximum Gasteiger partial charge on any atom is 0.136 e. The van der Waals surface area contributed by atoms with Crippen molar-refractivity contribution in [3.63, 3.8) is 0 Å². The number of aromatic nitrogens is 2. The molecule has 0 fully saturated rings. The van der Waals surface area contributed by atoms with Crippen LogP contribution >= 0.6 is 15.9 Å². The molecule has 2 aromatic carbocycles. The number of nitrogens with one attached hydrogen (secondary N) is 1. The van der Waals surface area contributed by atoms with E-state index in [0.717, 1.165) is 34.2 Å². The molecular formula is C19H19BrN4. The summed E-state index contributed by atoms with van der Waals surface area (Å²) in [6.45, 7) is 2.71. The van der Waals surface area contributed by atoms with Gasteiger partial charge in [-0.1, -0.05) is 42.5 Å². The molecule has 0 unspecified atom stereocenters. The topological polar surface area (TPSA) is 41.1 Å². The molecule has 0 radical (unpaired) electrons. The molecule has 3 aromatic rings. The zero-order valence-corrected chi connectivity index (χ0v) is 15.3. The maximum absolute atomic E-state index is 4.56. The van der Waals surface area contributed by atoms with Gasteiger partial charge in [-0.25, -0.2) is 9.97 Å². The fourth-order valence-electron chi connectivity index (χ4n) is 2.45. The van der Waals surface area contributed by atoms with Crippen LogP contribution in [-0.2, 0) is 6.54 Å². The van der Waals surface area contributed by atoms with Gasteiger partial charge in [-0.05, 0) is 40.5 Å². The van der Waals surface area contributed by atoms with Crippen molar-refractivity contribution in [2.45, 2.75) is 13.5 Å². The summed E-state index contributed by atoms with van der Waals surface area (Å²) >= 11 is 3.55. The normalized spacial score (nSPS) is 10.5. The average Bonchev–Trinajstić information content (AvgIpc) is 2.57. The minimum atomic E-state index is 0.738. The number of hydrogen-bond acceptors (Lipinski definition) is 4. The fourth-order valence-corrected chi connectivity index (χ4v) is 2.83. The molecule has 0 spiro atoms. The first-order chi connectivity index (χ1) is 11.6. The summed E-state index contributed by atoms with van der Waals surface area (Å²) in [5, 5.41) is 3.35. The molecule has 24 heavy (non-hydrogen) atoms. The van der Waals surface area contributed by atoms with Crippen molar-refractivity contribution < 1.29 is 0 Å². The molecule has 3 rings (SSSR count). The van der Waals surface area contributed by atoms with Crippen LogP contribution in [0.2, 0.25) is 0 Å². The molecule has 0 saturated heterocycles. The van der Waals surface area contributed by atoms with E-state index < -0.39 is 0 Å². The highest BCUT2D eigenvalue weighted by Gasteiger charge is 2.08. The van der Waals surface area contributed by atoms with E-state index in [1.54, 1.807) is 0 Å². The van der Waals surface area contributed by atoms with Gasteiger partial charge in [0.25, 0.3) is 0 Å². The van der Waals surface area contributed by atoms with Crippen molar-refractivity contribution in [2.24, 2.45) is 0 Å². The maximum atomic E-state index is 4.56. The molecule has 0 aliphatic carbocycles. The lowest BCUT2D eigenvalue weighted by molar-refractivity contribution is 0.880. The van der Waals surface area contributed by atoms with Crippen LogP contribution in [0.1, 0.15) is 11.4 Å². The molecule has 1 heterocycles. The highest BCUT2D eigenvalue weighted by atomic mass is 79.9. The van der Waals surface area contributed by atoms with Gasteiger partial charge in [-0.2, -0.15) is 0 Å². The van der Waals surface area contributed by atoms with Gasteiger partial charge >= 0.3 is 0 Å². The third-order valence-electron chi connectivity index (χ3n) is 3.61. The first-order valence-electron chi connectivity index (χ1n) is 7.74. The fraction of sp³-hybridized carbons (Fsp3) is 0.158. The van der Waals surface area contributed by atoms with E-state index in [2.05, 4.69) is 48.2 Å². The Morgan fingerprint density at radius 2 is 1.71 bits per heavy atom. The molecule has 1 aromatic heterocycles. The Labute approximate surface area is 150 Å². The van der Waals surface area contributed by atoms with E-state index in [1.165, 1.54) is 5.56 Å². The monoisotopic (exact) mass is 382 g/mol. The average molecular weight is 383 g/mol. The number of para-hydroxylation sites is 1. The Bertz CT molecular complexity index is 821. The van der Waals surface area contributed by atoms with Crippen LogP contribution in [0.25, 0.3) is 0 Å². The van der Waals surface area contributed by atoms with Crippen molar-refractivity contribution in [3.05, 3.63) is 76.5 Å². The van der Waals surface area contributed by atoms with Crippen LogP contribution in [0, 0.1) is 6.92 Å². The van der Waals surface area contributed by atoms with Gasteiger partial charge in [0.2, 0.25) is 0 Å². The zero-order chi connectivity index (χ0) is 16.9. The smallest absolute Gasteiger partial charge is 0.136 e. The Balaban J connectivity index is 1.82. The molecule has 5 heteroatoms. The molecule has 0 atom stereocenters. The van der Waals surface area contributed by atoms with Gasteiger partial charge in [0.1, 0.15) is 17.5 Å². The second kappa shape index (κ2) is 7.45. The molecule has 122 valence electrons. The number of nitrogens with zero attached hydrogens (tertiary/aromatic N) is 3. The largest absolute Gasteiger partial charge is 0.355 e. The summed E-state index contributed by atoms with van der Waals surface area (Å²) in [5.41, 5.74) is 2.23. The first kappa shape index (κ1) is 16.5. The number of hydrogen-bond donors (Lipinski definition) is 1. The van der Waals surface area contributed by atoms with Gasteiger partial charge in [0.05, 0.1) is 5.69 Å². The van der Waals surface area contributed by atoms with Crippen molar-refractivity contribution in [1.29, 1.82) is 0 Å². The zero-order valence-electron chi connectivity index (χ0n) is 13.7. The molecule has 4 nitrogen and oxygen atoms in total. The molecule has 1 N–H and O–H groups in total. The summed E-state index contributed by atoms with van der Waals surface area (Å²) in [6, 6.07) is 20.3. The predicted molar refractivity (Wildman–Crippen MR) is 103 cm³/mol. The highest BCUT2D eigenvalue weighted by molar-refractivity contribution is 9.10. The molecule has 0 bridgehead atoms. The third-order valence-corrected chi connectivity index (χ3v) is 4.31. The van der Waals surface area contributed by atoms with Crippen LogP contribution in [-0.4, -0.2) is 17.0 Å². The van der Waals surface area contributed by atoms with Crippen molar-refractivity contribution in [3.8, 4) is 0 Å². The van der Waals surface area contributed by atoms with Gasteiger partial charge in [0, 0.05) is 24.1 Å². The second-order valence-electron chi connectivity index (χ2n) is 5.61. The molecule has 0 aliphatic heterocycles. The quantitative estimate of drug-likeness (QED) is 0.679. The molecular weight excluding hydrogens is 364 g/mol. The van der Waals surface area contributed by atoms with Crippen LogP contribution in [0.15, 0.2) is 65.1 Å². The van der Waals surface area contributed by atoms with Crippen LogP contribution in [0.4, 0.5) is 17.3 Å². The van der Waals surface area contributed by atoms with E-state index in [9.17, 15) is 0 Å². The summed E-state index contributed by atoms with van der Waals surface area (Å²) in [4.78, 5) is 11.2. The summed E-state index contributed by atoms with van der Waals surface area (Å²) in [6.07, 6.45) is 0. The second-order valence-corrected chi connectivity index (χ2v) is 6.46. The van der Waals surface area contributed by atoms with Crippen molar-refractivity contribution in [2.75, 3.05) is 17.3 Å². The molecule has 0 aliphatic rings. The van der Waals surface area contributed by atoms with E-state index in [-0.39, 0.29) is 0 Å². The number of rotatable bonds is 5. The summed E-state index contributed by atoms with van der Waals surface area (Å²) in [7, 11) is 2.04. The van der Waals surface area contributed by atoms with Gasteiger partial charge < -0.3 is 10.2 Å². The van der Waals surface area contributed by atoms with Gasteiger partial charge in [0.15, 0.2) is 0 Å². The Kier molecular flexibility index (Phi) is 5.11. The van der Waals surface area contributed by atoms with E-state index in [4.69, 9.17) is 0 Å².